The molecule has 0 saturated heterocycles. The first-order valence-corrected chi connectivity index (χ1v) is 11.3. The predicted octanol–water partition coefficient (Wildman–Crippen LogP) is 3.11. The van der Waals surface area contributed by atoms with E-state index in [4.69, 9.17) is 5.11 Å². The van der Waals surface area contributed by atoms with Gasteiger partial charge in [-0.3, -0.25) is 19.2 Å². The Morgan fingerprint density at radius 3 is 2.24 bits per heavy atom. The monoisotopic (exact) mass is 573 g/mol. The van der Waals surface area contributed by atoms with E-state index in [2.05, 4.69) is 9.46 Å². The number of carboxylic acids is 1. The van der Waals surface area contributed by atoms with Gasteiger partial charge in [-0.15, -0.1) is 0 Å². The molecule has 2 rings (SSSR count). The molecule has 0 aliphatic rings. The van der Waals surface area contributed by atoms with E-state index in [0.29, 0.717) is 22.6 Å². The number of aliphatic carboxylic acids is 1. The number of Topliss-reactive ketones (excluding diaryl/α,β-unsaturated/α-hetero) is 1. The van der Waals surface area contributed by atoms with Gasteiger partial charge >= 0.3 is 12.1 Å². The number of nitrogens with zero attached hydrogens (tertiary/aromatic N) is 1. The molecule has 1 heterocycles. The highest BCUT2D eigenvalue weighted by Crippen LogP contribution is 2.30. The molecule has 1 aromatic heterocycles. The van der Waals surface area contributed by atoms with Crippen molar-refractivity contribution in [3.63, 3.8) is 0 Å². The SMILES string of the molecule is CCSNc1cc(C(F)(F)F)cn(CC(=O)NC(CC(=O)O)C(=O)COc2c(F)c(F)cc(F)c2F)c1=O. The summed E-state index contributed by atoms with van der Waals surface area (Å²) in [6.45, 7) is -0.800. The molecule has 0 saturated carbocycles. The summed E-state index contributed by atoms with van der Waals surface area (Å²) < 4.78 is 101. The number of benzene rings is 1. The fourth-order valence-electron chi connectivity index (χ4n) is 2.87. The standard InChI is InChI=1S/C21H18F7N3O6S/c1-2-38-30-13-3-9(21(26,27)28)6-31(20(13)36)7-15(33)29-12(5-16(34)35)14(32)8-37-19-17(24)10(22)4-11(23)18(19)25/h3-4,6,12,30H,2,5,7-8H2,1H3,(H,29,33)(H,34,35). The minimum Gasteiger partial charge on any atom is -0.481 e. The van der Waals surface area contributed by atoms with Crippen LogP contribution in [0.25, 0.3) is 0 Å². The van der Waals surface area contributed by atoms with Crippen LogP contribution in [0.1, 0.15) is 18.9 Å². The van der Waals surface area contributed by atoms with Crippen molar-refractivity contribution in [3.05, 3.63) is 57.5 Å². The van der Waals surface area contributed by atoms with Gasteiger partial charge in [-0.05, 0) is 6.07 Å². The van der Waals surface area contributed by atoms with Crippen molar-refractivity contribution in [3.8, 4) is 5.75 Å². The molecule has 0 fully saturated rings. The van der Waals surface area contributed by atoms with Crippen molar-refractivity contribution in [2.75, 3.05) is 17.1 Å². The first kappa shape index (κ1) is 30.5. The van der Waals surface area contributed by atoms with Gasteiger partial charge in [0.15, 0.2) is 23.2 Å². The number of rotatable bonds is 12. The van der Waals surface area contributed by atoms with Crippen LogP contribution in [0.15, 0.2) is 23.1 Å². The molecule has 2 aromatic rings. The van der Waals surface area contributed by atoms with Crippen LogP contribution in [0.2, 0.25) is 0 Å². The number of amides is 1. The fraction of sp³-hybridized carbons (Fsp3) is 0.333. The van der Waals surface area contributed by atoms with Crippen LogP contribution in [-0.2, 0) is 27.1 Å². The highest BCUT2D eigenvalue weighted by Gasteiger charge is 2.33. The van der Waals surface area contributed by atoms with Crippen molar-refractivity contribution in [2.45, 2.75) is 32.1 Å². The van der Waals surface area contributed by atoms with E-state index in [1.807, 2.05) is 5.32 Å². The Kier molecular flexibility index (Phi) is 10.1. The van der Waals surface area contributed by atoms with Crippen LogP contribution in [0.4, 0.5) is 36.4 Å². The zero-order valence-electron chi connectivity index (χ0n) is 19.1. The van der Waals surface area contributed by atoms with Crippen molar-refractivity contribution >= 4 is 35.3 Å². The molecule has 208 valence electrons. The molecule has 9 nitrogen and oxygen atoms in total. The first-order valence-electron chi connectivity index (χ1n) is 10.3. The number of carboxylic acid groups (broad SMARTS) is 1. The number of nitrogens with one attached hydrogen (secondary N) is 2. The van der Waals surface area contributed by atoms with Gasteiger partial charge in [-0.1, -0.05) is 18.9 Å². The zero-order valence-corrected chi connectivity index (χ0v) is 19.9. The Bertz CT molecular complexity index is 1260. The van der Waals surface area contributed by atoms with Crippen LogP contribution in [0.3, 0.4) is 0 Å². The van der Waals surface area contributed by atoms with E-state index >= 15 is 0 Å². The van der Waals surface area contributed by atoms with E-state index in [1.165, 1.54) is 0 Å². The number of ether oxygens (including phenoxy) is 1. The van der Waals surface area contributed by atoms with Crippen molar-refractivity contribution in [2.24, 2.45) is 0 Å². The van der Waals surface area contributed by atoms with E-state index in [9.17, 15) is 49.9 Å². The van der Waals surface area contributed by atoms with E-state index in [1.54, 1.807) is 6.92 Å². The Labute approximate surface area is 213 Å². The first-order chi connectivity index (χ1) is 17.6. The molecule has 1 aromatic carbocycles. The van der Waals surface area contributed by atoms with Gasteiger partial charge in [0.2, 0.25) is 17.5 Å². The van der Waals surface area contributed by atoms with Gasteiger partial charge in [0.1, 0.15) is 24.9 Å². The molecular formula is C21H18F7N3O6S. The number of carbonyl (C=O) groups is 3. The number of alkyl halides is 3. The summed E-state index contributed by atoms with van der Waals surface area (Å²) in [6, 6.07) is -1.55. The van der Waals surface area contributed by atoms with Crippen LogP contribution < -0.4 is 20.3 Å². The maximum Gasteiger partial charge on any atom is 0.417 e. The lowest BCUT2D eigenvalue weighted by molar-refractivity contribution is -0.141. The van der Waals surface area contributed by atoms with Crippen molar-refractivity contribution in [1.29, 1.82) is 0 Å². The second-order valence-corrected chi connectivity index (χ2v) is 8.45. The van der Waals surface area contributed by atoms with Gasteiger partial charge < -0.3 is 24.4 Å². The number of ketones is 1. The summed E-state index contributed by atoms with van der Waals surface area (Å²) >= 11 is 0.896. The Morgan fingerprint density at radius 1 is 1.11 bits per heavy atom. The molecule has 0 aliphatic carbocycles. The van der Waals surface area contributed by atoms with Crippen LogP contribution >= 0.6 is 11.9 Å². The van der Waals surface area contributed by atoms with Crippen molar-refractivity contribution in [1.82, 2.24) is 9.88 Å². The Morgan fingerprint density at radius 2 is 1.71 bits per heavy atom. The van der Waals surface area contributed by atoms with Crippen LogP contribution in [-0.4, -0.2) is 45.7 Å². The summed E-state index contributed by atoms with van der Waals surface area (Å²) in [7, 11) is 0. The molecule has 17 heteroatoms. The third-order valence-electron chi connectivity index (χ3n) is 4.59. The van der Waals surface area contributed by atoms with Gasteiger partial charge in [0, 0.05) is 18.0 Å². The molecule has 1 unspecified atom stereocenters. The smallest absolute Gasteiger partial charge is 0.417 e. The Balaban J connectivity index is 2.25. The number of carbonyl (C=O) groups excluding carboxylic acids is 2. The fourth-order valence-corrected chi connectivity index (χ4v) is 3.31. The number of anilines is 1. The molecule has 38 heavy (non-hydrogen) atoms. The Hall–Kier alpha value is -3.76. The van der Waals surface area contributed by atoms with E-state index in [0.717, 1.165) is 11.9 Å². The second kappa shape index (κ2) is 12.7. The lowest BCUT2D eigenvalue weighted by Crippen LogP contribution is -2.46. The second-order valence-electron chi connectivity index (χ2n) is 7.38. The van der Waals surface area contributed by atoms with Gasteiger partial charge in [0.05, 0.1) is 12.0 Å². The number of hydrogen-bond donors (Lipinski definition) is 3. The molecular weight excluding hydrogens is 555 g/mol. The largest absolute Gasteiger partial charge is 0.481 e. The summed E-state index contributed by atoms with van der Waals surface area (Å²) in [5, 5.41) is 10.9. The third kappa shape index (κ3) is 7.87. The van der Waals surface area contributed by atoms with Crippen molar-refractivity contribution < 1.29 is 55.0 Å². The number of hydrogen-bond acceptors (Lipinski definition) is 7. The maximum absolute atomic E-state index is 13.7. The van der Waals surface area contributed by atoms with Gasteiger partial charge in [-0.25, -0.2) is 8.78 Å². The lowest BCUT2D eigenvalue weighted by Gasteiger charge is -2.18. The van der Waals surface area contributed by atoms with Crippen LogP contribution in [0.5, 0.6) is 5.75 Å². The summed E-state index contributed by atoms with van der Waals surface area (Å²) in [4.78, 5) is 48.4. The summed E-state index contributed by atoms with van der Waals surface area (Å²) in [6.07, 6.45) is -5.68. The topological polar surface area (TPSA) is 127 Å². The number of aromatic nitrogens is 1. The van der Waals surface area contributed by atoms with Gasteiger partial charge in [0.25, 0.3) is 5.56 Å². The highest BCUT2D eigenvalue weighted by atomic mass is 32.2. The molecule has 1 atom stereocenters. The zero-order chi connectivity index (χ0) is 28.8. The van der Waals surface area contributed by atoms with E-state index < -0.39 is 95.3 Å². The molecule has 0 spiro atoms. The lowest BCUT2D eigenvalue weighted by atomic mass is 10.1. The van der Waals surface area contributed by atoms with Crippen LogP contribution in [0, 0.1) is 23.3 Å². The molecule has 0 radical (unpaired) electrons. The summed E-state index contributed by atoms with van der Waals surface area (Å²) in [5.74, 6) is -13.2. The van der Waals surface area contributed by atoms with E-state index in [-0.39, 0.29) is 6.07 Å². The number of halogens is 7. The summed E-state index contributed by atoms with van der Waals surface area (Å²) in [5.41, 5.74) is -2.84. The molecule has 1 amide bonds. The third-order valence-corrected chi connectivity index (χ3v) is 5.24. The molecule has 0 aliphatic heterocycles. The minimum absolute atomic E-state index is 0.121. The average molecular weight is 573 g/mol. The molecule has 3 N–H and O–H groups in total. The molecule has 0 bridgehead atoms. The highest BCUT2D eigenvalue weighted by molar-refractivity contribution is 8.00. The minimum atomic E-state index is -4.90. The maximum atomic E-state index is 13.7. The predicted molar refractivity (Wildman–Crippen MR) is 118 cm³/mol. The average Bonchev–Trinajstić information content (AvgIpc) is 2.81. The normalized spacial score (nSPS) is 12.1. The van der Waals surface area contributed by atoms with Gasteiger partial charge in [-0.2, -0.15) is 22.0 Å². The number of pyridine rings is 1. The quantitative estimate of drug-likeness (QED) is 0.201.